The van der Waals surface area contributed by atoms with Gasteiger partial charge < -0.3 is 15.8 Å². The van der Waals surface area contributed by atoms with Crippen LogP contribution in [0.4, 0.5) is 11.4 Å². The van der Waals surface area contributed by atoms with Crippen molar-refractivity contribution < 1.29 is 4.74 Å². The Labute approximate surface area is 85.3 Å². The molecule has 1 rings (SSSR count). The van der Waals surface area contributed by atoms with Gasteiger partial charge in [-0.1, -0.05) is 6.07 Å². The van der Waals surface area contributed by atoms with Gasteiger partial charge in [0.2, 0.25) is 0 Å². The molecule has 0 aromatic heterocycles. The van der Waals surface area contributed by atoms with Gasteiger partial charge in [0.25, 0.3) is 0 Å². The molecule has 0 spiro atoms. The van der Waals surface area contributed by atoms with E-state index in [1.165, 1.54) is 0 Å². The highest BCUT2D eigenvalue weighted by molar-refractivity contribution is 5.53. The average Bonchev–Trinajstić information content (AvgIpc) is 2.12. The summed E-state index contributed by atoms with van der Waals surface area (Å²) in [6.07, 6.45) is 0.289. The van der Waals surface area contributed by atoms with Crippen LogP contribution in [-0.4, -0.2) is 19.3 Å². The van der Waals surface area contributed by atoms with Gasteiger partial charge in [0, 0.05) is 17.9 Å². The summed E-state index contributed by atoms with van der Waals surface area (Å²) in [6, 6.07) is 7.71. The Hall–Kier alpha value is -1.22. The Balaban J connectivity index is 2.25. The van der Waals surface area contributed by atoms with Gasteiger partial charge in [-0.05, 0) is 32.0 Å². The van der Waals surface area contributed by atoms with E-state index >= 15 is 0 Å². The molecule has 1 aromatic carbocycles. The summed E-state index contributed by atoms with van der Waals surface area (Å²) in [5, 5.41) is 3.24. The number of nitrogens with one attached hydrogen (secondary N) is 1. The quantitative estimate of drug-likeness (QED) is 0.557. The van der Waals surface area contributed by atoms with Gasteiger partial charge in [-0.15, -0.1) is 0 Å². The molecule has 0 radical (unpaired) electrons. The fraction of sp³-hybridized carbons (Fsp3) is 0.455. The van der Waals surface area contributed by atoms with E-state index in [1.54, 1.807) is 0 Å². The molecule has 0 fully saturated rings. The average molecular weight is 194 g/mol. The van der Waals surface area contributed by atoms with Crippen LogP contribution in [0.5, 0.6) is 0 Å². The molecule has 3 heteroatoms. The molecular formula is C11H18N2O. The maximum absolute atomic E-state index is 5.64. The first kappa shape index (κ1) is 10.9. The van der Waals surface area contributed by atoms with Gasteiger partial charge in [-0.25, -0.2) is 0 Å². The monoisotopic (exact) mass is 194 g/mol. The topological polar surface area (TPSA) is 47.3 Å². The minimum atomic E-state index is 0.289. The number of rotatable bonds is 5. The maximum Gasteiger partial charge on any atom is 0.0642 e. The van der Waals surface area contributed by atoms with Crippen molar-refractivity contribution in [2.24, 2.45) is 0 Å². The molecule has 1 aromatic rings. The summed E-state index contributed by atoms with van der Waals surface area (Å²) in [7, 11) is 0. The first-order valence-corrected chi connectivity index (χ1v) is 4.89. The zero-order valence-corrected chi connectivity index (χ0v) is 8.79. The standard InChI is InChI=1S/C11H18N2O/c1-9(2)14-7-6-13-11-5-3-4-10(12)8-11/h3-5,8-9,13H,6-7,12H2,1-2H3. The van der Waals surface area contributed by atoms with Crippen LogP contribution in [0.1, 0.15) is 13.8 Å². The number of nitrogens with two attached hydrogens (primary N) is 1. The third kappa shape index (κ3) is 4.14. The predicted octanol–water partition coefficient (Wildman–Crippen LogP) is 2.11. The lowest BCUT2D eigenvalue weighted by Gasteiger charge is -2.09. The van der Waals surface area contributed by atoms with E-state index in [2.05, 4.69) is 5.32 Å². The van der Waals surface area contributed by atoms with Crippen LogP contribution < -0.4 is 11.1 Å². The van der Waals surface area contributed by atoms with Crippen LogP contribution in [0.15, 0.2) is 24.3 Å². The van der Waals surface area contributed by atoms with Crippen molar-refractivity contribution in [2.45, 2.75) is 20.0 Å². The lowest BCUT2D eigenvalue weighted by atomic mass is 10.3. The summed E-state index contributed by atoms with van der Waals surface area (Å²) in [5.74, 6) is 0. The van der Waals surface area contributed by atoms with E-state index < -0.39 is 0 Å². The number of benzene rings is 1. The Morgan fingerprint density at radius 2 is 2.21 bits per heavy atom. The molecule has 0 unspecified atom stereocenters. The molecule has 0 bridgehead atoms. The second kappa shape index (κ2) is 5.50. The lowest BCUT2D eigenvalue weighted by molar-refractivity contribution is 0.0870. The number of ether oxygens (including phenoxy) is 1. The number of anilines is 2. The highest BCUT2D eigenvalue weighted by atomic mass is 16.5. The molecule has 0 amide bonds. The normalized spacial score (nSPS) is 10.5. The molecular weight excluding hydrogens is 176 g/mol. The second-order valence-corrected chi connectivity index (χ2v) is 3.47. The lowest BCUT2D eigenvalue weighted by Crippen LogP contribution is -2.13. The van der Waals surface area contributed by atoms with E-state index in [9.17, 15) is 0 Å². The Bertz CT molecular complexity index is 274. The van der Waals surface area contributed by atoms with Crippen LogP contribution >= 0.6 is 0 Å². The molecule has 0 atom stereocenters. The van der Waals surface area contributed by atoms with Crippen LogP contribution in [0.3, 0.4) is 0 Å². The smallest absolute Gasteiger partial charge is 0.0642 e. The molecule has 14 heavy (non-hydrogen) atoms. The third-order valence-electron chi connectivity index (χ3n) is 1.77. The molecule has 78 valence electrons. The highest BCUT2D eigenvalue weighted by Crippen LogP contribution is 2.10. The molecule has 3 N–H and O–H groups in total. The van der Waals surface area contributed by atoms with Crippen molar-refractivity contribution in [1.29, 1.82) is 0 Å². The molecule has 0 aliphatic heterocycles. The minimum absolute atomic E-state index is 0.289. The molecule has 0 saturated heterocycles. The molecule has 0 aliphatic rings. The molecule has 0 saturated carbocycles. The number of nitrogen functional groups attached to an aromatic ring is 1. The van der Waals surface area contributed by atoms with E-state index in [0.29, 0.717) is 6.61 Å². The van der Waals surface area contributed by atoms with E-state index in [0.717, 1.165) is 17.9 Å². The molecule has 3 nitrogen and oxygen atoms in total. The SMILES string of the molecule is CC(C)OCCNc1cccc(N)c1. The van der Waals surface area contributed by atoms with Crippen molar-refractivity contribution in [3.8, 4) is 0 Å². The minimum Gasteiger partial charge on any atom is -0.399 e. The summed E-state index contributed by atoms with van der Waals surface area (Å²) < 4.78 is 5.40. The van der Waals surface area contributed by atoms with Gasteiger partial charge >= 0.3 is 0 Å². The molecule has 0 aliphatic carbocycles. The summed E-state index contributed by atoms with van der Waals surface area (Å²) in [4.78, 5) is 0. The predicted molar refractivity (Wildman–Crippen MR) is 60.4 cm³/mol. The van der Waals surface area contributed by atoms with Gasteiger partial charge in [0.05, 0.1) is 12.7 Å². The third-order valence-corrected chi connectivity index (χ3v) is 1.77. The molecule has 0 heterocycles. The zero-order chi connectivity index (χ0) is 10.4. The second-order valence-electron chi connectivity index (χ2n) is 3.47. The number of hydrogen-bond donors (Lipinski definition) is 2. The zero-order valence-electron chi connectivity index (χ0n) is 8.79. The first-order chi connectivity index (χ1) is 6.68. The number of hydrogen-bond acceptors (Lipinski definition) is 3. The van der Waals surface area contributed by atoms with Crippen LogP contribution in [0, 0.1) is 0 Å². The van der Waals surface area contributed by atoms with Crippen molar-refractivity contribution in [3.63, 3.8) is 0 Å². The van der Waals surface area contributed by atoms with Gasteiger partial charge in [0.1, 0.15) is 0 Å². The van der Waals surface area contributed by atoms with Crippen molar-refractivity contribution in [3.05, 3.63) is 24.3 Å². The summed E-state index contributed by atoms with van der Waals surface area (Å²) >= 11 is 0. The van der Waals surface area contributed by atoms with E-state index in [4.69, 9.17) is 10.5 Å². The van der Waals surface area contributed by atoms with Gasteiger partial charge in [0.15, 0.2) is 0 Å². The summed E-state index contributed by atoms with van der Waals surface area (Å²) in [5.41, 5.74) is 7.46. The fourth-order valence-corrected chi connectivity index (χ4v) is 1.14. The highest BCUT2D eigenvalue weighted by Gasteiger charge is 1.94. The fourth-order valence-electron chi connectivity index (χ4n) is 1.14. The largest absolute Gasteiger partial charge is 0.399 e. The Morgan fingerprint density at radius 1 is 1.43 bits per heavy atom. The Kier molecular flexibility index (Phi) is 4.26. The van der Waals surface area contributed by atoms with Crippen LogP contribution in [-0.2, 0) is 4.74 Å². The van der Waals surface area contributed by atoms with Crippen LogP contribution in [0.2, 0.25) is 0 Å². The van der Waals surface area contributed by atoms with Gasteiger partial charge in [-0.3, -0.25) is 0 Å². The Morgan fingerprint density at radius 3 is 2.86 bits per heavy atom. The van der Waals surface area contributed by atoms with Gasteiger partial charge in [-0.2, -0.15) is 0 Å². The van der Waals surface area contributed by atoms with E-state index in [-0.39, 0.29) is 6.10 Å². The first-order valence-electron chi connectivity index (χ1n) is 4.89. The summed E-state index contributed by atoms with van der Waals surface area (Å²) in [6.45, 7) is 5.58. The van der Waals surface area contributed by atoms with Crippen molar-refractivity contribution in [2.75, 3.05) is 24.2 Å². The van der Waals surface area contributed by atoms with Crippen LogP contribution in [0.25, 0.3) is 0 Å². The van der Waals surface area contributed by atoms with Crippen molar-refractivity contribution in [1.82, 2.24) is 0 Å². The van der Waals surface area contributed by atoms with E-state index in [1.807, 2.05) is 38.1 Å². The van der Waals surface area contributed by atoms with Crippen molar-refractivity contribution >= 4 is 11.4 Å². The maximum atomic E-state index is 5.64.